The largest absolute Gasteiger partial charge is 0.494 e. The molecule has 0 radical (unpaired) electrons. The minimum absolute atomic E-state index is 0.0150. The van der Waals surface area contributed by atoms with Crippen LogP contribution in [0.15, 0.2) is 29.2 Å². The van der Waals surface area contributed by atoms with Crippen LogP contribution in [-0.4, -0.2) is 47.4 Å². The number of benzene rings is 1. The van der Waals surface area contributed by atoms with Gasteiger partial charge in [-0.05, 0) is 31.2 Å². The van der Waals surface area contributed by atoms with E-state index in [9.17, 15) is 8.42 Å². The molecule has 1 aliphatic heterocycles. The highest BCUT2D eigenvalue weighted by Crippen LogP contribution is 2.15. The van der Waals surface area contributed by atoms with Gasteiger partial charge in [-0.15, -0.1) is 0 Å². The summed E-state index contributed by atoms with van der Waals surface area (Å²) in [7, 11) is -3.49. The van der Waals surface area contributed by atoms with Crippen LogP contribution in [0.25, 0.3) is 0 Å². The molecule has 0 saturated carbocycles. The molecule has 1 aliphatic rings. The lowest BCUT2D eigenvalue weighted by Crippen LogP contribution is -2.48. The number of ether oxygens (including phenoxy) is 2. The molecule has 1 aromatic rings. The van der Waals surface area contributed by atoms with Crippen LogP contribution in [0.3, 0.4) is 0 Å². The molecule has 112 valence electrons. The van der Waals surface area contributed by atoms with Crippen LogP contribution in [0, 0.1) is 0 Å². The summed E-state index contributed by atoms with van der Waals surface area (Å²) in [6, 6.07) is 6.40. The summed E-state index contributed by atoms with van der Waals surface area (Å²) >= 11 is 0. The van der Waals surface area contributed by atoms with Gasteiger partial charge in [0.25, 0.3) is 0 Å². The molecule has 0 bridgehead atoms. The van der Waals surface area contributed by atoms with Crippen molar-refractivity contribution in [2.75, 3.05) is 32.9 Å². The molecule has 0 aromatic heterocycles. The van der Waals surface area contributed by atoms with E-state index in [4.69, 9.17) is 9.47 Å². The van der Waals surface area contributed by atoms with Gasteiger partial charge in [-0.2, -0.15) is 0 Å². The molecule has 1 atom stereocenters. The molecule has 1 heterocycles. The smallest absolute Gasteiger partial charge is 0.240 e. The predicted octanol–water partition coefficient (Wildman–Crippen LogP) is 0.352. The zero-order valence-corrected chi connectivity index (χ0v) is 12.3. The molecule has 0 aliphatic carbocycles. The highest BCUT2D eigenvalue weighted by molar-refractivity contribution is 7.89. The molecular formula is C13H20N2O4S. The van der Waals surface area contributed by atoms with Crippen LogP contribution in [0.5, 0.6) is 5.75 Å². The van der Waals surface area contributed by atoms with E-state index in [0.717, 1.165) is 6.54 Å². The maximum Gasteiger partial charge on any atom is 0.240 e. The average molecular weight is 300 g/mol. The summed E-state index contributed by atoms with van der Waals surface area (Å²) < 4.78 is 37.4. The summed E-state index contributed by atoms with van der Waals surface area (Å²) in [6.45, 7) is 4.68. The minimum Gasteiger partial charge on any atom is -0.494 e. The van der Waals surface area contributed by atoms with Crippen molar-refractivity contribution in [3.8, 4) is 5.75 Å². The fraction of sp³-hybridized carbons (Fsp3) is 0.538. The van der Waals surface area contributed by atoms with Gasteiger partial charge in [0, 0.05) is 19.1 Å². The van der Waals surface area contributed by atoms with Gasteiger partial charge < -0.3 is 14.8 Å². The van der Waals surface area contributed by atoms with Crippen LogP contribution < -0.4 is 14.8 Å². The van der Waals surface area contributed by atoms with E-state index < -0.39 is 10.0 Å². The van der Waals surface area contributed by atoms with Crippen molar-refractivity contribution in [2.24, 2.45) is 0 Å². The molecule has 7 heteroatoms. The number of sulfonamides is 1. The molecule has 2 rings (SSSR count). The molecule has 6 nitrogen and oxygen atoms in total. The highest BCUT2D eigenvalue weighted by atomic mass is 32.2. The van der Waals surface area contributed by atoms with Crippen LogP contribution >= 0.6 is 0 Å². The van der Waals surface area contributed by atoms with E-state index >= 15 is 0 Å². The highest BCUT2D eigenvalue weighted by Gasteiger charge is 2.18. The van der Waals surface area contributed by atoms with Gasteiger partial charge in [0.2, 0.25) is 10.0 Å². The Hall–Kier alpha value is -1.15. The average Bonchev–Trinajstić information content (AvgIpc) is 2.47. The van der Waals surface area contributed by atoms with Gasteiger partial charge >= 0.3 is 0 Å². The van der Waals surface area contributed by atoms with Gasteiger partial charge in [-0.1, -0.05) is 0 Å². The summed E-state index contributed by atoms with van der Waals surface area (Å²) in [5.41, 5.74) is 0. The van der Waals surface area contributed by atoms with Gasteiger partial charge in [-0.25, -0.2) is 13.1 Å². The van der Waals surface area contributed by atoms with E-state index in [1.165, 1.54) is 12.1 Å². The first-order chi connectivity index (χ1) is 9.62. The van der Waals surface area contributed by atoms with Crippen molar-refractivity contribution >= 4 is 10.0 Å². The second kappa shape index (κ2) is 7.03. The second-order valence-electron chi connectivity index (χ2n) is 4.48. The predicted molar refractivity (Wildman–Crippen MR) is 75.4 cm³/mol. The lowest BCUT2D eigenvalue weighted by atomic mass is 10.3. The van der Waals surface area contributed by atoms with Crippen molar-refractivity contribution in [3.05, 3.63) is 24.3 Å². The Bertz CT molecular complexity index is 510. The Balaban J connectivity index is 1.94. The minimum atomic E-state index is -3.49. The zero-order chi connectivity index (χ0) is 14.4. The number of nitrogens with one attached hydrogen (secondary N) is 2. The Morgan fingerprint density at radius 3 is 2.75 bits per heavy atom. The SMILES string of the molecule is CCOc1ccc(S(=O)(=O)NCC2COCCN2)cc1. The molecule has 1 saturated heterocycles. The third-order valence-corrected chi connectivity index (χ3v) is 4.40. The maximum atomic E-state index is 12.1. The van der Waals surface area contributed by atoms with Crippen LogP contribution in [-0.2, 0) is 14.8 Å². The van der Waals surface area contributed by atoms with Crippen molar-refractivity contribution in [3.63, 3.8) is 0 Å². The van der Waals surface area contributed by atoms with Gasteiger partial charge in [0.15, 0.2) is 0 Å². The Morgan fingerprint density at radius 2 is 2.15 bits per heavy atom. The number of rotatable bonds is 6. The summed E-state index contributed by atoms with van der Waals surface area (Å²) in [5, 5.41) is 3.20. The first-order valence-corrected chi connectivity index (χ1v) is 8.14. The van der Waals surface area contributed by atoms with E-state index in [0.29, 0.717) is 32.1 Å². The van der Waals surface area contributed by atoms with Gasteiger partial charge in [0.1, 0.15) is 5.75 Å². The normalized spacial score (nSPS) is 19.8. The van der Waals surface area contributed by atoms with E-state index in [2.05, 4.69) is 10.0 Å². The lowest BCUT2D eigenvalue weighted by molar-refractivity contribution is 0.0784. The topological polar surface area (TPSA) is 76.7 Å². The summed E-state index contributed by atoms with van der Waals surface area (Å²) in [4.78, 5) is 0.234. The number of hydrogen-bond acceptors (Lipinski definition) is 5. The van der Waals surface area contributed by atoms with Gasteiger partial charge in [-0.3, -0.25) is 0 Å². The third kappa shape index (κ3) is 4.17. The maximum absolute atomic E-state index is 12.1. The number of morpholine rings is 1. The van der Waals surface area contributed by atoms with Crippen molar-refractivity contribution < 1.29 is 17.9 Å². The number of hydrogen-bond donors (Lipinski definition) is 2. The molecule has 1 aromatic carbocycles. The fourth-order valence-corrected chi connectivity index (χ4v) is 3.01. The molecule has 20 heavy (non-hydrogen) atoms. The standard InChI is InChI=1S/C13H20N2O4S/c1-2-19-12-3-5-13(6-4-12)20(16,17)15-9-11-10-18-8-7-14-11/h3-6,11,14-15H,2,7-10H2,1H3. The van der Waals surface area contributed by atoms with E-state index in [1.807, 2.05) is 6.92 Å². The lowest BCUT2D eigenvalue weighted by Gasteiger charge is -2.23. The monoisotopic (exact) mass is 300 g/mol. The first-order valence-electron chi connectivity index (χ1n) is 6.65. The zero-order valence-electron chi connectivity index (χ0n) is 11.5. The van der Waals surface area contributed by atoms with Crippen molar-refractivity contribution in [1.29, 1.82) is 0 Å². The third-order valence-electron chi connectivity index (χ3n) is 2.96. The Labute approximate surface area is 119 Å². The Morgan fingerprint density at radius 1 is 1.40 bits per heavy atom. The molecule has 0 spiro atoms. The van der Waals surface area contributed by atoms with Crippen LogP contribution in [0.1, 0.15) is 6.92 Å². The molecular weight excluding hydrogens is 280 g/mol. The van der Waals surface area contributed by atoms with Crippen LogP contribution in [0.4, 0.5) is 0 Å². The first kappa shape index (κ1) is 15.2. The summed E-state index contributed by atoms with van der Waals surface area (Å²) in [6.07, 6.45) is 0. The van der Waals surface area contributed by atoms with E-state index in [1.54, 1.807) is 12.1 Å². The summed E-state index contributed by atoms with van der Waals surface area (Å²) in [5.74, 6) is 0.661. The van der Waals surface area contributed by atoms with Gasteiger partial charge in [0.05, 0.1) is 24.7 Å². The Kier molecular flexibility index (Phi) is 5.36. The molecule has 1 unspecified atom stereocenters. The second-order valence-corrected chi connectivity index (χ2v) is 6.25. The fourth-order valence-electron chi connectivity index (χ4n) is 1.93. The quantitative estimate of drug-likeness (QED) is 0.793. The van der Waals surface area contributed by atoms with Crippen LogP contribution in [0.2, 0.25) is 0 Å². The van der Waals surface area contributed by atoms with Crippen molar-refractivity contribution in [2.45, 2.75) is 17.9 Å². The molecule has 0 amide bonds. The molecule has 2 N–H and O–H groups in total. The van der Waals surface area contributed by atoms with E-state index in [-0.39, 0.29) is 10.9 Å². The van der Waals surface area contributed by atoms with Crippen molar-refractivity contribution in [1.82, 2.24) is 10.0 Å². The molecule has 1 fully saturated rings.